The highest BCUT2D eigenvalue weighted by Crippen LogP contribution is 2.35. The predicted molar refractivity (Wildman–Crippen MR) is 53.4 cm³/mol. The molecule has 1 rings (SSSR count). The lowest BCUT2D eigenvalue weighted by molar-refractivity contribution is -0.125. The highest BCUT2D eigenvalue weighted by Gasteiger charge is 2.44. The van der Waals surface area contributed by atoms with Crippen molar-refractivity contribution >= 4 is 14.1 Å². The number of carbonyl (C=O) groups is 1. The molecule has 12 heavy (non-hydrogen) atoms. The molecule has 1 saturated heterocycles. The van der Waals surface area contributed by atoms with E-state index in [1.54, 1.807) is 0 Å². The van der Waals surface area contributed by atoms with E-state index in [-0.39, 0.29) is 0 Å². The third kappa shape index (κ3) is 1.33. The van der Waals surface area contributed by atoms with Gasteiger partial charge in [-0.25, -0.2) is 0 Å². The van der Waals surface area contributed by atoms with Gasteiger partial charge in [-0.05, 0) is 5.54 Å². The molecule has 1 fully saturated rings. The summed E-state index contributed by atoms with van der Waals surface area (Å²) in [5, 5.41) is 0. The van der Waals surface area contributed by atoms with Crippen molar-refractivity contribution in [3.63, 3.8) is 0 Å². The van der Waals surface area contributed by atoms with Crippen LogP contribution in [0.15, 0.2) is 12.7 Å². The van der Waals surface area contributed by atoms with E-state index in [0.29, 0.717) is 11.4 Å². The van der Waals surface area contributed by atoms with E-state index in [2.05, 4.69) is 26.6 Å². The summed E-state index contributed by atoms with van der Waals surface area (Å²) in [6, 6.07) is 0. The first-order valence-corrected chi connectivity index (χ1v) is 7.44. The fourth-order valence-electron chi connectivity index (χ4n) is 1.68. The van der Waals surface area contributed by atoms with E-state index in [1.165, 1.54) is 0 Å². The van der Waals surface area contributed by atoms with Gasteiger partial charge in [-0.2, -0.15) is 0 Å². The average Bonchev–Trinajstić information content (AvgIpc) is 2.14. The first kappa shape index (κ1) is 9.51. The maximum atomic E-state index is 11.5. The van der Waals surface area contributed by atoms with Crippen LogP contribution in [-0.2, 0) is 4.79 Å². The Bertz CT molecular complexity index is 213. The normalized spacial score (nSPS) is 27.8. The summed E-state index contributed by atoms with van der Waals surface area (Å²) in [7, 11) is -1.44. The van der Waals surface area contributed by atoms with Crippen LogP contribution in [0.5, 0.6) is 0 Å². The smallest absolute Gasteiger partial charge is 0.214 e. The molecular formula is C9H17NOSi. The second-order valence-corrected chi connectivity index (χ2v) is 8.88. The fraction of sp³-hybridized carbons (Fsp3) is 0.667. The zero-order valence-electron chi connectivity index (χ0n) is 8.13. The summed E-state index contributed by atoms with van der Waals surface area (Å²) < 4.78 is 2.05. The van der Waals surface area contributed by atoms with Crippen molar-refractivity contribution in [2.75, 3.05) is 6.54 Å². The minimum absolute atomic E-state index is 0.319. The summed E-state index contributed by atoms with van der Waals surface area (Å²) in [6.45, 7) is 11.1. The molecular weight excluding hydrogens is 166 g/mol. The molecule has 0 spiro atoms. The molecule has 0 aliphatic carbocycles. The molecule has 0 bridgehead atoms. The Hall–Kier alpha value is -0.573. The minimum atomic E-state index is -1.44. The lowest BCUT2D eigenvalue weighted by atomic mass is 10.3. The highest BCUT2D eigenvalue weighted by molar-refractivity contribution is 6.79. The number of rotatable bonds is 2. The Morgan fingerprint density at radius 3 is 2.67 bits per heavy atom. The predicted octanol–water partition coefficient (Wildman–Crippen LogP) is 2.00. The molecule has 0 N–H and O–H groups in total. The molecule has 2 nitrogen and oxygen atoms in total. The summed E-state index contributed by atoms with van der Waals surface area (Å²) in [5.41, 5.74) is 0.588. The highest BCUT2D eigenvalue weighted by atomic mass is 28.3. The van der Waals surface area contributed by atoms with Crippen molar-refractivity contribution in [3.05, 3.63) is 12.7 Å². The van der Waals surface area contributed by atoms with Crippen LogP contribution in [0.25, 0.3) is 0 Å². The molecule has 1 unspecified atom stereocenters. The summed E-state index contributed by atoms with van der Waals surface area (Å²) in [5.74, 6) is 0.319. The molecule has 1 aliphatic rings. The SMILES string of the molecule is C=CCN1C(=O)CC(C)[Si]1(C)C. The Morgan fingerprint density at radius 1 is 1.75 bits per heavy atom. The molecule has 0 aromatic heterocycles. The van der Waals surface area contributed by atoms with E-state index in [4.69, 9.17) is 0 Å². The Kier molecular flexibility index (Phi) is 2.42. The van der Waals surface area contributed by atoms with E-state index < -0.39 is 8.24 Å². The Morgan fingerprint density at radius 2 is 2.33 bits per heavy atom. The monoisotopic (exact) mass is 183 g/mol. The molecule has 0 aromatic rings. The van der Waals surface area contributed by atoms with Gasteiger partial charge >= 0.3 is 0 Å². The van der Waals surface area contributed by atoms with Crippen LogP contribution < -0.4 is 0 Å². The van der Waals surface area contributed by atoms with Gasteiger partial charge in [0.25, 0.3) is 0 Å². The first-order chi connectivity index (χ1) is 5.50. The summed E-state index contributed by atoms with van der Waals surface area (Å²) in [4.78, 5) is 11.5. The van der Waals surface area contributed by atoms with Gasteiger partial charge in [0.15, 0.2) is 8.24 Å². The van der Waals surface area contributed by atoms with Crippen molar-refractivity contribution in [1.82, 2.24) is 4.57 Å². The third-order valence-electron chi connectivity index (χ3n) is 3.00. The minimum Gasteiger partial charge on any atom is -0.366 e. The van der Waals surface area contributed by atoms with Gasteiger partial charge in [-0.3, -0.25) is 4.79 Å². The lowest BCUT2D eigenvalue weighted by Gasteiger charge is -2.31. The standard InChI is InChI=1S/C9H17NOSi/c1-5-6-10-9(11)7-8(2)12(10,3)4/h5,8H,1,6-7H2,2-4H3. The maximum Gasteiger partial charge on any atom is 0.214 e. The van der Waals surface area contributed by atoms with E-state index in [9.17, 15) is 4.79 Å². The van der Waals surface area contributed by atoms with E-state index >= 15 is 0 Å². The van der Waals surface area contributed by atoms with E-state index in [1.807, 2.05) is 10.6 Å². The summed E-state index contributed by atoms with van der Waals surface area (Å²) >= 11 is 0. The van der Waals surface area contributed by atoms with Crippen LogP contribution >= 0.6 is 0 Å². The largest absolute Gasteiger partial charge is 0.366 e. The van der Waals surface area contributed by atoms with Crippen LogP contribution in [-0.4, -0.2) is 25.3 Å². The van der Waals surface area contributed by atoms with Crippen LogP contribution in [0.4, 0.5) is 0 Å². The number of hydrogen-bond donors (Lipinski definition) is 0. The fourth-order valence-corrected chi connectivity index (χ4v) is 4.22. The van der Waals surface area contributed by atoms with Crippen LogP contribution in [0.2, 0.25) is 18.6 Å². The van der Waals surface area contributed by atoms with Crippen LogP contribution in [0.1, 0.15) is 13.3 Å². The Balaban J connectivity index is 2.83. The Labute approximate surface area is 75.3 Å². The molecule has 68 valence electrons. The van der Waals surface area contributed by atoms with Crippen molar-refractivity contribution in [3.8, 4) is 0 Å². The van der Waals surface area contributed by atoms with Gasteiger partial charge in [-0.15, -0.1) is 6.58 Å². The molecule has 3 heteroatoms. The van der Waals surface area contributed by atoms with Crippen molar-refractivity contribution in [2.24, 2.45) is 0 Å². The average molecular weight is 183 g/mol. The van der Waals surface area contributed by atoms with Gasteiger partial charge in [0.05, 0.1) is 0 Å². The lowest BCUT2D eigenvalue weighted by Crippen LogP contribution is -2.47. The second kappa shape index (κ2) is 3.05. The number of hydrogen-bond acceptors (Lipinski definition) is 1. The third-order valence-corrected chi connectivity index (χ3v) is 7.43. The van der Waals surface area contributed by atoms with Gasteiger partial charge in [0, 0.05) is 13.0 Å². The molecule has 1 aliphatic heterocycles. The molecule has 1 amide bonds. The van der Waals surface area contributed by atoms with Crippen molar-refractivity contribution in [2.45, 2.75) is 32.0 Å². The molecule has 1 atom stereocenters. The molecule has 0 radical (unpaired) electrons. The zero-order valence-corrected chi connectivity index (χ0v) is 9.13. The molecule has 0 aromatic carbocycles. The molecule has 1 heterocycles. The summed E-state index contributed by atoms with van der Waals surface area (Å²) in [6.07, 6.45) is 2.57. The molecule has 0 saturated carbocycles. The van der Waals surface area contributed by atoms with Crippen molar-refractivity contribution in [1.29, 1.82) is 0 Å². The van der Waals surface area contributed by atoms with E-state index in [0.717, 1.165) is 13.0 Å². The van der Waals surface area contributed by atoms with Gasteiger partial charge in [0.1, 0.15) is 0 Å². The van der Waals surface area contributed by atoms with Crippen LogP contribution in [0, 0.1) is 0 Å². The topological polar surface area (TPSA) is 20.3 Å². The second-order valence-electron chi connectivity index (χ2n) is 4.05. The maximum absolute atomic E-state index is 11.5. The first-order valence-electron chi connectivity index (χ1n) is 4.41. The van der Waals surface area contributed by atoms with Gasteiger partial charge < -0.3 is 4.57 Å². The number of carbonyl (C=O) groups excluding carboxylic acids is 1. The van der Waals surface area contributed by atoms with Gasteiger partial charge in [-0.1, -0.05) is 26.1 Å². The van der Waals surface area contributed by atoms with Gasteiger partial charge in [0.2, 0.25) is 5.91 Å². The van der Waals surface area contributed by atoms with Crippen LogP contribution in [0.3, 0.4) is 0 Å². The zero-order chi connectivity index (χ0) is 9.35. The van der Waals surface area contributed by atoms with Crippen molar-refractivity contribution < 1.29 is 4.79 Å². The quantitative estimate of drug-likeness (QED) is 0.473. The number of amides is 1. The number of nitrogens with zero attached hydrogens (tertiary/aromatic N) is 1.